The van der Waals surface area contributed by atoms with E-state index in [-0.39, 0.29) is 5.91 Å². The second kappa shape index (κ2) is 5.96. The SMILES string of the molecule is Cc1ccc(Oc2ccc3nc(NC(=O)CC4CC4)cn3n2)cc1. The normalized spacial score (nSPS) is 13.9. The van der Waals surface area contributed by atoms with Crippen molar-refractivity contribution in [1.82, 2.24) is 14.6 Å². The Bertz CT molecular complexity index is 882. The highest BCUT2D eigenvalue weighted by molar-refractivity contribution is 5.90. The number of amides is 1. The van der Waals surface area contributed by atoms with Crippen LogP contribution in [0.15, 0.2) is 42.6 Å². The van der Waals surface area contributed by atoms with Crippen molar-refractivity contribution in [3.8, 4) is 11.6 Å². The number of nitrogens with one attached hydrogen (secondary N) is 1. The van der Waals surface area contributed by atoms with Gasteiger partial charge in [0.2, 0.25) is 11.8 Å². The fourth-order valence-corrected chi connectivity index (χ4v) is 2.48. The number of aromatic nitrogens is 3. The minimum Gasteiger partial charge on any atom is -0.438 e. The summed E-state index contributed by atoms with van der Waals surface area (Å²) in [4.78, 5) is 16.2. The molecule has 0 unspecified atom stereocenters. The Morgan fingerprint density at radius 2 is 2.04 bits per heavy atom. The Kier molecular flexibility index (Phi) is 3.65. The number of aryl methyl sites for hydroxylation is 1. The first kappa shape index (κ1) is 14.7. The van der Waals surface area contributed by atoms with E-state index in [0.717, 1.165) is 18.6 Å². The third-order valence-electron chi connectivity index (χ3n) is 3.98. The predicted molar refractivity (Wildman–Crippen MR) is 90.2 cm³/mol. The number of ether oxygens (including phenoxy) is 1. The van der Waals surface area contributed by atoms with Gasteiger partial charge in [0, 0.05) is 12.5 Å². The summed E-state index contributed by atoms with van der Waals surface area (Å²) in [7, 11) is 0. The van der Waals surface area contributed by atoms with E-state index in [9.17, 15) is 4.79 Å². The number of nitrogens with zero attached hydrogens (tertiary/aromatic N) is 3. The summed E-state index contributed by atoms with van der Waals surface area (Å²) in [6, 6.07) is 11.3. The summed E-state index contributed by atoms with van der Waals surface area (Å²) in [5, 5.41) is 7.20. The molecule has 0 spiro atoms. The number of benzene rings is 1. The van der Waals surface area contributed by atoms with Gasteiger partial charge in [-0.2, -0.15) is 0 Å². The van der Waals surface area contributed by atoms with Crippen LogP contribution in [0, 0.1) is 12.8 Å². The van der Waals surface area contributed by atoms with Gasteiger partial charge < -0.3 is 10.1 Å². The highest BCUT2D eigenvalue weighted by atomic mass is 16.5. The molecule has 0 bridgehead atoms. The number of fused-ring (bicyclic) bond motifs is 1. The number of hydrogen-bond donors (Lipinski definition) is 1. The maximum atomic E-state index is 11.9. The number of carbonyl (C=O) groups excluding carboxylic acids is 1. The Balaban J connectivity index is 1.49. The van der Waals surface area contributed by atoms with E-state index in [1.54, 1.807) is 16.8 Å². The Morgan fingerprint density at radius 1 is 1.25 bits per heavy atom. The van der Waals surface area contributed by atoms with Gasteiger partial charge in [0.05, 0.1) is 6.20 Å². The van der Waals surface area contributed by atoms with Crippen molar-refractivity contribution in [3.05, 3.63) is 48.2 Å². The van der Waals surface area contributed by atoms with Gasteiger partial charge in [-0.1, -0.05) is 17.7 Å². The lowest BCUT2D eigenvalue weighted by molar-refractivity contribution is -0.116. The fourth-order valence-electron chi connectivity index (χ4n) is 2.48. The van der Waals surface area contributed by atoms with Crippen LogP contribution in [0.4, 0.5) is 5.82 Å². The molecule has 6 nitrogen and oxygen atoms in total. The lowest BCUT2D eigenvalue weighted by atomic mass is 10.2. The maximum absolute atomic E-state index is 11.9. The smallest absolute Gasteiger partial charge is 0.237 e. The molecule has 1 amide bonds. The molecule has 0 saturated heterocycles. The van der Waals surface area contributed by atoms with Crippen LogP contribution in [0.5, 0.6) is 11.6 Å². The molecule has 2 aromatic heterocycles. The van der Waals surface area contributed by atoms with E-state index in [2.05, 4.69) is 15.4 Å². The van der Waals surface area contributed by atoms with Crippen LogP contribution in [0.3, 0.4) is 0 Å². The molecule has 1 aromatic carbocycles. The van der Waals surface area contributed by atoms with Crippen LogP contribution in [0.2, 0.25) is 0 Å². The molecule has 1 aliphatic rings. The van der Waals surface area contributed by atoms with Gasteiger partial charge in [0.15, 0.2) is 11.5 Å². The summed E-state index contributed by atoms with van der Waals surface area (Å²) in [5.41, 5.74) is 1.83. The molecule has 1 N–H and O–H groups in total. The van der Waals surface area contributed by atoms with Gasteiger partial charge in [-0.25, -0.2) is 9.50 Å². The molecule has 6 heteroatoms. The zero-order chi connectivity index (χ0) is 16.5. The molecule has 1 saturated carbocycles. The minimum atomic E-state index is 0.0111. The van der Waals surface area contributed by atoms with E-state index >= 15 is 0 Å². The number of rotatable bonds is 5. The molecule has 0 aliphatic heterocycles. The molecule has 3 aromatic rings. The van der Waals surface area contributed by atoms with Crippen molar-refractivity contribution in [1.29, 1.82) is 0 Å². The topological polar surface area (TPSA) is 68.5 Å². The van der Waals surface area contributed by atoms with Crippen molar-refractivity contribution < 1.29 is 9.53 Å². The van der Waals surface area contributed by atoms with E-state index in [1.165, 1.54) is 5.56 Å². The van der Waals surface area contributed by atoms with Crippen molar-refractivity contribution in [3.63, 3.8) is 0 Å². The first-order valence-electron chi connectivity index (χ1n) is 8.06. The Morgan fingerprint density at radius 3 is 2.79 bits per heavy atom. The molecule has 122 valence electrons. The number of hydrogen-bond acceptors (Lipinski definition) is 4. The van der Waals surface area contributed by atoms with Crippen LogP contribution < -0.4 is 10.1 Å². The standard InChI is InChI=1S/C18H18N4O2/c1-12-2-6-14(7-3-12)24-18-9-8-16-19-15(11-22(16)21-18)20-17(23)10-13-4-5-13/h2-3,6-9,11,13H,4-5,10H2,1H3,(H,20,23). The molecule has 0 radical (unpaired) electrons. The summed E-state index contributed by atoms with van der Waals surface area (Å²) < 4.78 is 7.35. The third-order valence-corrected chi connectivity index (χ3v) is 3.98. The maximum Gasteiger partial charge on any atom is 0.237 e. The van der Waals surface area contributed by atoms with Crippen LogP contribution in [0.1, 0.15) is 24.8 Å². The summed E-state index contributed by atoms with van der Waals surface area (Å²) in [6.45, 7) is 2.03. The summed E-state index contributed by atoms with van der Waals surface area (Å²) in [5.74, 6) is 2.28. The van der Waals surface area contributed by atoms with Gasteiger partial charge in [-0.15, -0.1) is 5.10 Å². The lowest BCUT2D eigenvalue weighted by Crippen LogP contribution is -2.12. The third kappa shape index (κ3) is 3.37. The highest BCUT2D eigenvalue weighted by Gasteiger charge is 2.24. The van der Waals surface area contributed by atoms with E-state index in [0.29, 0.717) is 29.7 Å². The largest absolute Gasteiger partial charge is 0.438 e. The lowest BCUT2D eigenvalue weighted by Gasteiger charge is -2.04. The molecule has 1 aliphatic carbocycles. The minimum absolute atomic E-state index is 0.0111. The van der Waals surface area contributed by atoms with E-state index < -0.39 is 0 Å². The van der Waals surface area contributed by atoms with Crippen LogP contribution >= 0.6 is 0 Å². The summed E-state index contributed by atoms with van der Waals surface area (Å²) in [6.07, 6.45) is 4.57. The van der Waals surface area contributed by atoms with Crippen molar-refractivity contribution in [2.24, 2.45) is 5.92 Å². The van der Waals surface area contributed by atoms with Gasteiger partial charge >= 0.3 is 0 Å². The van der Waals surface area contributed by atoms with E-state index in [4.69, 9.17) is 4.74 Å². The van der Waals surface area contributed by atoms with Crippen LogP contribution in [0.25, 0.3) is 5.65 Å². The average molecular weight is 322 g/mol. The molecule has 4 rings (SSSR count). The molecular weight excluding hydrogens is 304 g/mol. The molecule has 1 fully saturated rings. The molecule has 0 atom stereocenters. The quantitative estimate of drug-likeness (QED) is 0.779. The molecule has 2 heterocycles. The Labute approximate surface area is 139 Å². The van der Waals surface area contributed by atoms with Gasteiger partial charge in [0.1, 0.15) is 5.75 Å². The van der Waals surface area contributed by atoms with Gasteiger partial charge in [-0.05, 0) is 43.9 Å². The zero-order valence-corrected chi connectivity index (χ0v) is 13.4. The Hall–Kier alpha value is -2.89. The highest BCUT2D eigenvalue weighted by Crippen LogP contribution is 2.32. The van der Waals surface area contributed by atoms with E-state index in [1.807, 2.05) is 37.3 Å². The second-order valence-corrected chi connectivity index (χ2v) is 6.21. The zero-order valence-electron chi connectivity index (χ0n) is 13.4. The number of anilines is 1. The predicted octanol–water partition coefficient (Wildman–Crippen LogP) is 3.57. The second-order valence-electron chi connectivity index (χ2n) is 6.21. The number of imidazole rings is 1. The molecular formula is C18H18N4O2. The van der Waals surface area contributed by atoms with Crippen molar-refractivity contribution in [2.45, 2.75) is 26.2 Å². The van der Waals surface area contributed by atoms with Gasteiger partial charge in [0.25, 0.3) is 0 Å². The van der Waals surface area contributed by atoms with Crippen molar-refractivity contribution in [2.75, 3.05) is 5.32 Å². The first-order chi connectivity index (χ1) is 11.7. The van der Waals surface area contributed by atoms with Gasteiger partial charge in [-0.3, -0.25) is 4.79 Å². The van der Waals surface area contributed by atoms with Crippen LogP contribution in [-0.4, -0.2) is 20.5 Å². The molecule has 24 heavy (non-hydrogen) atoms. The monoisotopic (exact) mass is 322 g/mol. The van der Waals surface area contributed by atoms with Crippen LogP contribution in [-0.2, 0) is 4.79 Å². The average Bonchev–Trinajstić information content (AvgIpc) is 3.27. The summed E-state index contributed by atoms with van der Waals surface area (Å²) >= 11 is 0. The van der Waals surface area contributed by atoms with Crippen molar-refractivity contribution >= 4 is 17.4 Å². The fraction of sp³-hybridized carbons (Fsp3) is 0.278. The first-order valence-corrected chi connectivity index (χ1v) is 8.06. The number of carbonyl (C=O) groups is 1.